The van der Waals surface area contributed by atoms with Crippen LogP contribution in [0.1, 0.15) is 31.2 Å². The average Bonchev–Trinajstić information content (AvgIpc) is 2.34. The minimum atomic E-state index is -0.354. The smallest absolute Gasteiger partial charge is 0.292 e. The van der Waals surface area contributed by atoms with Crippen LogP contribution in [0.3, 0.4) is 0 Å². The summed E-state index contributed by atoms with van der Waals surface area (Å²) in [7, 11) is 0. The van der Waals surface area contributed by atoms with Crippen molar-refractivity contribution < 1.29 is 10.0 Å². The maximum absolute atomic E-state index is 11.0. The number of aliphatic hydroxyl groups excluding tert-OH is 1. The summed E-state index contributed by atoms with van der Waals surface area (Å²) in [6.07, 6.45) is 3.02. The topological polar surface area (TPSA) is 75.4 Å². The Kier molecular flexibility index (Phi) is 3.81. The standard InChI is InChI=1S/C13H18N2O3/c1-9-3-2-4-12(15(17)18)13(9)14-10-5-7-11(16)8-6-10/h2-4,10-11,14,16H,5-8H2,1H3/t10-,11-. The third-order valence-corrected chi connectivity index (χ3v) is 3.49. The number of hydrogen-bond acceptors (Lipinski definition) is 4. The van der Waals surface area contributed by atoms with Crippen LogP contribution in [0.2, 0.25) is 0 Å². The first kappa shape index (κ1) is 12.8. The Morgan fingerprint density at radius 3 is 2.61 bits per heavy atom. The van der Waals surface area contributed by atoms with Crippen LogP contribution in [-0.4, -0.2) is 22.2 Å². The number of anilines is 1. The van der Waals surface area contributed by atoms with E-state index < -0.39 is 0 Å². The highest BCUT2D eigenvalue weighted by molar-refractivity contribution is 5.66. The summed E-state index contributed by atoms with van der Waals surface area (Å²) in [4.78, 5) is 10.6. The molecule has 1 aliphatic carbocycles. The number of aryl methyl sites for hydroxylation is 1. The number of benzene rings is 1. The van der Waals surface area contributed by atoms with Gasteiger partial charge in [0.15, 0.2) is 0 Å². The van der Waals surface area contributed by atoms with E-state index in [1.54, 1.807) is 6.07 Å². The van der Waals surface area contributed by atoms with Crippen LogP contribution < -0.4 is 5.32 Å². The van der Waals surface area contributed by atoms with Crippen molar-refractivity contribution >= 4 is 11.4 Å². The Morgan fingerprint density at radius 2 is 2.00 bits per heavy atom. The lowest BCUT2D eigenvalue weighted by atomic mass is 9.92. The van der Waals surface area contributed by atoms with Gasteiger partial charge in [0.2, 0.25) is 0 Å². The number of nitrogens with zero attached hydrogens (tertiary/aromatic N) is 1. The largest absolute Gasteiger partial charge is 0.393 e. The fourth-order valence-electron chi connectivity index (χ4n) is 2.42. The lowest BCUT2D eigenvalue weighted by molar-refractivity contribution is -0.384. The normalized spacial score (nSPS) is 23.7. The molecule has 0 radical (unpaired) electrons. The molecule has 18 heavy (non-hydrogen) atoms. The van der Waals surface area contributed by atoms with E-state index in [4.69, 9.17) is 0 Å². The third-order valence-electron chi connectivity index (χ3n) is 3.49. The minimum Gasteiger partial charge on any atom is -0.393 e. The zero-order valence-corrected chi connectivity index (χ0v) is 10.4. The van der Waals surface area contributed by atoms with Gasteiger partial charge in [0, 0.05) is 12.1 Å². The van der Waals surface area contributed by atoms with E-state index in [0.29, 0.717) is 5.69 Å². The van der Waals surface area contributed by atoms with Gasteiger partial charge >= 0.3 is 0 Å². The molecule has 1 fully saturated rings. The lowest BCUT2D eigenvalue weighted by Crippen LogP contribution is -2.28. The summed E-state index contributed by atoms with van der Waals surface area (Å²) in [6.45, 7) is 1.87. The van der Waals surface area contributed by atoms with Crippen molar-refractivity contribution in [1.82, 2.24) is 0 Å². The molecule has 1 saturated carbocycles. The van der Waals surface area contributed by atoms with Gasteiger partial charge in [-0.3, -0.25) is 10.1 Å². The van der Waals surface area contributed by atoms with E-state index in [9.17, 15) is 15.2 Å². The lowest BCUT2D eigenvalue weighted by Gasteiger charge is -2.27. The highest BCUT2D eigenvalue weighted by Crippen LogP contribution is 2.31. The number of nitro groups is 1. The van der Waals surface area contributed by atoms with Gasteiger partial charge in [-0.15, -0.1) is 0 Å². The first-order chi connectivity index (χ1) is 8.58. The van der Waals surface area contributed by atoms with Crippen LogP contribution >= 0.6 is 0 Å². The van der Waals surface area contributed by atoms with Crippen molar-refractivity contribution in [2.75, 3.05) is 5.32 Å². The maximum atomic E-state index is 11.0. The molecule has 1 aliphatic rings. The minimum absolute atomic E-state index is 0.126. The molecule has 0 heterocycles. The molecule has 0 atom stereocenters. The zero-order valence-electron chi connectivity index (χ0n) is 10.4. The Hall–Kier alpha value is -1.62. The van der Waals surface area contributed by atoms with Gasteiger partial charge in [-0.1, -0.05) is 12.1 Å². The van der Waals surface area contributed by atoms with E-state index in [0.717, 1.165) is 31.2 Å². The molecule has 5 nitrogen and oxygen atoms in total. The average molecular weight is 250 g/mol. The summed E-state index contributed by atoms with van der Waals surface area (Å²) < 4.78 is 0. The summed E-state index contributed by atoms with van der Waals surface area (Å²) >= 11 is 0. The van der Waals surface area contributed by atoms with Crippen molar-refractivity contribution in [3.63, 3.8) is 0 Å². The monoisotopic (exact) mass is 250 g/mol. The molecule has 0 spiro atoms. The Morgan fingerprint density at radius 1 is 1.33 bits per heavy atom. The summed E-state index contributed by atoms with van der Waals surface area (Å²) in [6, 6.07) is 5.30. The summed E-state index contributed by atoms with van der Waals surface area (Å²) in [5.41, 5.74) is 1.63. The van der Waals surface area contributed by atoms with Crippen LogP contribution in [0.5, 0.6) is 0 Å². The Balaban J connectivity index is 2.15. The van der Waals surface area contributed by atoms with Crippen molar-refractivity contribution in [2.24, 2.45) is 0 Å². The van der Waals surface area contributed by atoms with Crippen molar-refractivity contribution in [3.8, 4) is 0 Å². The van der Waals surface area contributed by atoms with E-state index in [2.05, 4.69) is 5.32 Å². The van der Waals surface area contributed by atoms with Gasteiger partial charge < -0.3 is 10.4 Å². The fourth-order valence-corrected chi connectivity index (χ4v) is 2.42. The molecule has 5 heteroatoms. The predicted octanol–water partition coefficient (Wildman–Crippen LogP) is 2.62. The SMILES string of the molecule is Cc1cccc([N+](=O)[O-])c1N[C@H]1CC[C@H](O)CC1. The fraction of sp³-hybridized carbons (Fsp3) is 0.538. The number of para-hydroxylation sites is 1. The van der Waals surface area contributed by atoms with Crippen LogP contribution in [0.25, 0.3) is 0 Å². The Bertz CT molecular complexity index is 440. The van der Waals surface area contributed by atoms with Gasteiger partial charge in [-0.2, -0.15) is 0 Å². The second-order valence-electron chi connectivity index (χ2n) is 4.88. The maximum Gasteiger partial charge on any atom is 0.292 e. The van der Waals surface area contributed by atoms with Crippen molar-refractivity contribution in [1.29, 1.82) is 0 Å². The van der Waals surface area contributed by atoms with Gasteiger partial charge in [0.25, 0.3) is 5.69 Å². The number of hydrogen-bond donors (Lipinski definition) is 2. The molecule has 0 saturated heterocycles. The third kappa shape index (κ3) is 2.79. The van der Waals surface area contributed by atoms with Crippen molar-refractivity contribution in [2.45, 2.75) is 44.8 Å². The second kappa shape index (κ2) is 5.35. The molecule has 2 rings (SSSR count). The molecular formula is C13H18N2O3. The number of aliphatic hydroxyl groups is 1. The van der Waals surface area contributed by atoms with Crippen LogP contribution in [0, 0.1) is 17.0 Å². The first-order valence-electron chi connectivity index (χ1n) is 6.26. The molecule has 1 aromatic rings. The highest BCUT2D eigenvalue weighted by Gasteiger charge is 2.23. The molecule has 1 aromatic carbocycles. The molecule has 0 unspecified atom stereocenters. The van der Waals surface area contributed by atoms with Gasteiger partial charge in [0.1, 0.15) is 5.69 Å². The highest BCUT2D eigenvalue weighted by atomic mass is 16.6. The van der Waals surface area contributed by atoms with Crippen LogP contribution in [0.4, 0.5) is 11.4 Å². The number of rotatable bonds is 3. The molecule has 98 valence electrons. The van der Waals surface area contributed by atoms with Gasteiger partial charge in [-0.05, 0) is 38.2 Å². The van der Waals surface area contributed by atoms with Crippen LogP contribution in [0.15, 0.2) is 18.2 Å². The van der Waals surface area contributed by atoms with E-state index in [-0.39, 0.29) is 22.8 Å². The molecule has 0 amide bonds. The molecule has 0 bridgehead atoms. The first-order valence-corrected chi connectivity index (χ1v) is 6.26. The molecule has 0 aliphatic heterocycles. The predicted molar refractivity (Wildman–Crippen MR) is 69.7 cm³/mol. The summed E-state index contributed by atoms with van der Waals surface area (Å²) in [5, 5.41) is 23.7. The van der Waals surface area contributed by atoms with Crippen molar-refractivity contribution in [3.05, 3.63) is 33.9 Å². The van der Waals surface area contributed by atoms with Crippen LogP contribution in [-0.2, 0) is 0 Å². The zero-order chi connectivity index (χ0) is 13.1. The van der Waals surface area contributed by atoms with Gasteiger partial charge in [-0.25, -0.2) is 0 Å². The van der Waals surface area contributed by atoms with E-state index in [1.807, 2.05) is 13.0 Å². The molecule has 0 aromatic heterocycles. The number of nitrogens with one attached hydrogen (secondary N) is 1. The molecular weight excluding hydrogens is 232 g/mol. The summed E-state index contributed by atoms with van der Waals surface area (Å²) in [5.74, 6) is 0. The van der Waals surface area contributed by atoms with E-state index in [1.165, 1.54) is 6.07 Å². The number of nitro benzene ring substituents is 1. The Labute approximate surface area is 106 Å². The quantitative estimate of drug-likeness (QED) is 0.638. The molecule has 2 N–H and O–H groups in total. The van der Waals surface area contributed by atoms with E-state index >= 15 is 0 Å². The van der Waals surface area contributed by atoms with Gasteiger partial charge in [0.05, 0.1) is 11.0 Å². The second-order valence-corrected chi connectivity index (χ2v) is 4.88.